The van der Waals surface area contributed by atoms with E-state index in [0.717, 1.165) is 43.7 Å². The number of amides is 2. The van der Waals surface area contributed by atoms with E-state index in [0.29, 0.717) is 19.4 Å². The third kappa shape index (κ3) is 4.21. The summed E-state index contributed by atoms with van der Waals surface area (Å²) in [4.78, 5) is 29.6. The molecule has 1 N–H and O–H groups in total. The van der Waals surface area contributed by atoms with Crippen LogP contribution in [-0.2, 0) is 16.0 Å². The lowest BCUT2D eigenvalue weighted by molar-refractivity contribution is -0.126. The maximum absolute atomic E-state index is 12.8. The van der Waals surface area contributed by atoms with Gasteiger partial charge in [-0.1, -0.05) is 25.1 Å². The minimum Gasteiger partial charge on any atom is -0.353 e. The highest BCUT2D eigenvalue weighted by atomic mass is 16.2. The molecule has 5 nitrogen and oxygen atoms in total. The molecule has 136 valence electrons. The van der Waals surface area contributed by atoms with Gasteiger partial charge in [-0.05, 0) is 56.8 Å². The van der Waals surface area contributed by atoms with Crippen molar-refractivity contribution < 1.29 is 9.59 Å². The van der Waals surface area contributed by atoms with Gasteiger partial charge >= 0.3 is 0 Å². The van der Waals surface area contributed by atoms with Crippen LogP contribution < -0.4 is 10.2 Å². The zero-order valence-electron chi connectivity index (χ0n) is 15.2. The molecule has 1 aromatic carbocycles. The molecule has 1 atom stereocenters. The number of carbonyl (C=O) groups excluding carboxylic acids is 2. The summed E-state index contributed by atoms with van der Waals surface area (Å²) in [6.07, 6.45) is 5.38. The number of hydrogen-bond donors (Lipinski definition) is 1. The highest BCUT2D eigenvalue weighted by Crippen LogP contribution is 2.29. The maximum atomic E-state index is 12.8. The summed E-state index contributed by atoms with van der Waals surface area (Å²) < 4.78 is 0. The minimum atomic E-state index is -0.426. The van der Waals surface area contributed by atoms with Crippen LogP contribution in [0, 0.1) is 0 Å². The quantitative estimate of drug-likeness (QED) is 0.863. The number of carbonyl (C=O) groups is 2. The number of benzene rings is 1. The van der Waals surface area contributed by atoms with E-state index >= 15 is 0 Å². The first-order valence-corrected chi connectivity index (χ1v) is 9.60. The molecule has 2 aliphatic heterocycles. The molecule has 0 saturated carbocycles. The van der Waals surface area contributed by atoms with Crippen molar-refractivity contribution in [1.29, 1.82) is 0 Å². The topological polar surface area (TPSA) is 52.7 Å². The van der Waals surface area contributed by atoms with Crippen molar-refractivity contribution in [2.24, 2.45) is 0 Å². The minimum absolute atomic E-state index is 0.0354. The first-order valence-electron chi connectivity index (χ1n) is 9.60. The Kier molecular flexibility index (Phi) is 6.08. The van der Waals surface area contributed by atoms with Crippen LogP contribution in [0.25, 0.3) is 0 Å². The van der Waals surface area contributed by atoms with Crippen LogP contribution in [0.1, 0.15) is 44.6 Å². The van der Waals surface area contributed by atoms with E-state index in [-0.39, 0.29) is 11.8 Å². The highest BCUT2D eigenvalue weighted by molar-refractivity contribution is 6.01. The van der Waals surface area contributed by atoms with E-state index in [9.17, 15) is 9.59 Å². The fraction of sp³-hybridized carbons (Fsp3) is 0.600. The van der Waals surface area contributed by atoms with Crippen molar-refractivity contribution >= 4 is 17.5 Å². The molecule has 2 amide bonds. The molecule has 5 heteroatoms. The van der Waals surface area contributed by atoms with E-state index < -0.39 is 6.04 Å². The summed E-state index contributed by atoms with van der Waals surface area (Å²) in [7, 11) is 0. The predicted molar refractivity (Wildman–Crippen MR) is 99.6 cm³/mol. The van der Waals surface area contributed by atoms with Crippen LogP contribution >= 0.6 is 0 Å². The number of nitrogens with one attached hydrogen (secondary N) is 1. The Labute approximate surface area is 150 Å². The van der Waals surface area contributed by atoms with Crippen molar-refractivity contribution in [1.82, 2.24) is 10.2 Å². The predicted octanol–water partition coefficient (Wildman–Crippen LogP) is 2.35. The van der Waals surface area contributed by atoms with E-state index in [4.69, 9.17) is 0 Å². The lowest BCUT2D eigenvalue weighted by atomic mass is 10.1. The van der Waals surface area contributed by atoms with Crippen molar-refractivity contribution in [3.05, 3.63) is 29.8 Å². The van der Waals surface area contributed by atoms with Crippen LogP contribution in [0.3, 0.4) is 0 Å². The van der Waals surface area contributed by atoms with E-state index in [1.807, 2.05) is 25.1 Å². The SMILES string of the molecule is CCC(C(=O)NCCN1CCCC1)N1C(=O)CCCc2ccccc21. The molecular weight excluding hydrogens is 314 g/mol. The van der Waals surface area contributed by atoms with Gasteiger partial charge in [0, 0.05) is 25.2 Å². The number of nitrogens with zero attached hydrogens (tertiary/aromatic N) is 2. The number of anilines is 1. The molecule has 0 bridgehead atoms. The molecule has 2 heterocycles. The normalized spacial score (nSPS) is 19.4. The van der Waals surface area contributed by atoms with Gasteiger partial charge < -0.3 is 10.2 Å². The van der Waals surface area contributed by atoms with Crippen LogP contribution in [0.2, 0.25) is 0 Å². The number of likely N-dealkylation sites (tertiary alicyclic amines) is 1. The number of aryl methyl sites for hydroxylation is 1. The Morgan fingerprint density at radius 1 is 1.16 bits per heavy atom. The van der Waals surface area contributed by atoms with Gasteiger partial charge in [0.25, 0.3) is 0 Å². The summed E-state index contributed by atoms with van der Waals surface area (Å²) in [5.74, 6) is 0.0262. The molecule has 2 aliphatic rings. The monoisotopic (exact) mass is 343 g/mol. The molecule has 1 unspecified atom stereocenters. The third-order valence-electron chi connectivity index (χ3n) is 5.28. The van der Waals surface area contributed by atoms with E-state index in [2.05, 4.69) is 16.3 Å². The zero-order chi connectivity index (χ0) is 17.6. The Morgan fingerprint density at radius 2 is 1.92 bits per heavy atom. The first kappa shape index (κ1) is 17.9. The second-order valence-corrected chi connectivity index (χ2v) is 7.01. The second kappa shape index (κ2) is 8.48. The molecule has 25 heavy (non-hydrogen) atoms. The smallest absolute Gasteiger partial charge is 0.243 e. The number of hydrogen-bond acceptors (Lipinski definition) is 3. The van der Waals surface area contributed by atoms with Crippen LogP contribution in [0.15, 0.2) is 24.3 Å². The lowest BCUT2D eigenvalue weighted by Crippen LogP contribution is -2.50. The summed E-state index contributed by atoms with van der Waals surface area (Å²) in [6, 6.07) is 7.56. The molecule has 0 aliphatic carbocycles. The number of fused-ring (bicyclic) bond motifs is 1. The van der Waals surface area contributed by atoms with Crippen LogP contribution in [-0.4, -0.2) is 48.9 Å². The van der Waals surface area contributed by atoms with Crippen LogP contribution in [0.5, 0.6) is 0 Å². The van der Waals surface area contributed by atoms with E-state index in [1.54, 1.807) is 4.90 Å². The van der Waals surface area contributed by atoms with Gasteiger partial charge in [0.2, 0.25) is 11.8 Å². The van der Waals surface area contributed by atoms with Gasteiger partial charge in [-0.25, -0.2) is 0 Å². The van der Waals surface area contributed by atoms with Crippen LogP contribution in [0.4, 0.5) is 5.69 Å². The van der Waals surface area contributed by atoms with Gasteiger partial charge in [-0.15, -0.1) is 0 Å². The second-order valence-electron chi connectivity index (χ2n) is 7.01. The summed E-state index contributed by atoms with van der Waals surface area (Å²) in [5, 5.41) is 3.06. The summed E-state index contributed by atoms with van der Waals surface area (Å²) >= 11 is 0. The zero-order valence-corrected chi connectivity index (χ0v) is 15.2. The number of para-hydroxylation sites is 1. The average Bonchev–Trinajstić information content (AvgIpc) is 3.07. The van der Waals surface area contributed by atoms with Crippen molar-refractivity contribution in [2.75, 3.05) is 31.1 Å². The van der Waals surface area contributed by atoms with Gasteiger partial charge in [-0.2, -0.15) is 0 Å². The van der Waals surface area contributed by atoms with Gasteiger partial charge in [0.15, 0.2) is 0 Å². The Bertz CT molecular complexity index is 611. The van der Waals surface area contributed by atoms with E-state index in [1.165, 1.54) is 12.8 Å². The fourth-order valence-electron chi connectivity index (χ4n) is 3.93. The van der Waals surface area contributed by atoms with Gasteiger partial charge in [0.05, 0.1) is 0 Å². The largest absolute Gasteiger partial charge is 0.353 e. The lowest BCUT2D eigenvalue weighted by Gasteiger charge is -2.31. The Balaban J connectivity index is 1.69. The molecule has 0 radical (unpaired) electrons. The molecule has 0 aromatic heterocycles. The van der Waals surface area contributed by atoms with Crippen molar-refractivity contribution in [2.45, 2.75) is 51.5 Å². The van der Waals surface area contributed by atoms with Gasteiger partial charge in [0.1, 0.15) is 6.04 Å². The van der Waals surface area contributed by atoms with Gasteiger partial charge in [-0.3, -0.25) is 14.5 Å². The standard InChI is InChI=1S/C20H29N3O2/c1-2-17(20(25)21-12-15-22-13-5-6-14-22)23-18-10-4-3-8-16(18)9-7-11-19(23)24/h3-4,8,10,17H,2,5-7,9,11-15H2,1H3,(H,21,25). The molecular formula is C20H29N3O2. The Morgan fingerprint density at radius 3 is 2.68 bits per heavy atom. The third-order valence-corrected chi connectivity index (χ3v) is 5.28. The average molecular weight is 343 g/mol. The summed E-state index contributed by atoms with van der Waals surface area (Å²) in [6.45, 7) is 5.79. The Hall–Kier alpha value is -1.88. The number of rotatable bonds is 6. The summed E-state index contributed by atoms with van der Waals surface area (Å²) in [5.41, 5.74) is 2.07. The van der Waals surface area contributed by atoms with Crippen molar-refractivity contribution in [3.8, 4) is 0 Å². The molecule has 1 fully saturated rings. The first-order chi connectivity index (χ1) is 12.2. The molecule has 1 aromatic rings. The fourth-order valence-corrected chi connectivity index (χ4v) is 3.93. The molecule has 1 saturated heterocycles. The maximum Gasteiger partial charge on any atom is 0.243 e. The highest BCUT2D eigenvalue weighted by Gasteiger charge is 2.32. The van der Waals surface area contributed by atoms with Crippen molar-refractivity contribution in [3.63, 3.8) is 0 Å². The molecule has 3 rings (SSSR count). The molecule has 0 spiro atoms.